The van der Waals surface area contributed by atoms with Gasteiger partial charge in [-0.2, -0.15) is 9.40 Å². The van der Waals surface area contributed by atoms with E-state index in [0.29, 0.717) is 32.5 Å². The first-order chi connectivity index (χ1) is 14.5. The Bertz CT molecular complexity index is 1090. The molecule has 2 aromatic heterocycles. The Balaban J connectivity index is 1.29. The van der Waals surface area contributed by atoms with Gasteiger partial charge in [-0.1, -0.05) is 18.2 Å². The average Bonchev–Trinajstić information content (AvgIpc) is 3.28. The van der Waals surface area contributed by atoms with Gasteiger partial charge in [-0.25, -0.2) is 13.1 Å². The number of hydrogen-bond acceptors (Lipinski definition) is 5. The first-order valence-electron chi connectivity index (χ1n) is 9.81. The van der Waals surface area contributed by atoms with Crippen LogP contribution in [0.15, 0.2) is 72.1 Å². The molecule has 0 unspecified atom stereocenters. The molecule has 1 saturated heterocycles. The molecule has 0 atom stereocenters. The molecule has 30 heavy (non-hydrogen) atoms. The number of hydrogen-bond donors (Lipinski definition) is 1. The van der Waals surface area contributed by atoms with Crippen molar-refractivity contribution in [2.75, 3.05) is 13.1 Å². The van der Waals surface area contributed by atoms with Crippen LogP contribution in [0, 0.1) is 5.92 Å². The van der Waals surface area contributed by atoms with Gasteiger partial charge in [0, 0.05) is 49.7 Å². The summed E-state index contributed by atoms with van der Waals surface area (Å²) in [6.45, 7) is 1.03. The van der Waals surface area contributed by atoms with Gasteiger partial charge in [-0.05, 0) is 37.1 Å². The van der Waals surface area contributed by atoms with Gasteiger partial charge in [0.1, 0.15) is 4.90 Å². The molecule has 0 radical (unpaired) electrons. The van der Waals surface area contributed by atoms with Crippen molar-refractivity contribution in [2.45, 2.75) is 24.3 Å². The third-order valence-corrected chi connectivity index (χ3v) is 7.10. The van der Waals surface area contributed by atoms with E-state index < -0.39 is 10.0 Å². The zero-order chi connectivity index (χ0) is 21.0. The molecule has 156 valence electrons. The average molecular weight is 426 g/mol. The largest absolute Gasteiger partial charge is 0.352 e. The number of piperidine rings is 1. The minimum atomic E-state index is -3.56. The van der Waals surface area contributed by atoms with Crippen molar-refractivity contribution >= 4 is 15.9 Å². The summed E-state index contributed by atoms with van der Waals surface area (Å²) < 4.78 is 28.5. The molecule has 0 saturated carbocycles. The number of rotatable bonds is 6. The molecular weight excluding hydrogens is 402 g/mol. The SMILES string of the molecule is O=C(NCc1cnn(-c2ccccc2)c1)C1CCN(S(=O)(=O)c2cccnc2)CC1. The minimum absolute atomic E-state index is 0.0547. The lowest BCUT2D eigenvalue weighted by Gasteiger charge is -2.30. The molecule has 1 amide bonds. The van der Waals surface area contributed by atoms with E-state index in [1.165, 1.54) is 16.6 Å². The molecule has 3 aromatic rings. The van der Waals surface area contributed by atoms with Crippen LogP contribution in [0.25, 0.3) is 5.69 Å². The fourth-order valence-electron chi connectivity index (χ4n) is 3.51. The van der Waals surface area contributed by atoms with E-state index in [2.05, 4.69) is 15.4 Å². The van der Waals surface area contributed by atoms with Crippen LogP contribution >= 0.6 is 0 Å². The van der Waals surface area contributed by atoms with Crippen molar-refractivity contribution in [3.63, 3.8) is 0 Å². The Labute approximate surface area is 175 Å². The lowest BCUT2D eigenvalue weighted by atomic mass is 9.97. The number of carbonyl (C=O) groups excluding carboxylic acids is 1. The third-order valence-electron chi connectivity index (χ3n) is 5.22. The van der Waals surface area contributed by atoms with Gasteiger partial charge in [0.25, 0.3) is 0 Å². The first-order valence-corrected chi connectivity index (χ1v) is 11.2. The Kier molecular flexibility index (Phi) is 5.91. The van der Waals surface area contributed by atoms with Crippen LogP contribution in [0.4, 0.5) is 0 Å². The standard InChI is InChI=1S/C21H23N5O3S/c27-21(23-13-17-14-24-26(16-17)19-5-2-1-3-6-19)18-8-11-25(12-9-18)30(28,29)20-7-4-10-22-15-20/h1-7,10,14-16,18H,8-9,11-13H2,(H,23,27). The predicted molar refractivity (Wildman–Crippen MR) is 111 cm³/mol. The summed E-state index contributed by atoms with van der Waals surface area (Å²) in [6, 6.07) is 12.9. The van der Waals surface area contributed by atoms with Crippen LogP contribution in [0.3, 0.4) is 0 Å². The van der Waals surface area contributed by atoms with Crippen molar-refractivity contribution < 1.29 is 13.2 Å². The Morgan fingerprint density at radius 2 is 1.83 bits per heavy atom. The quantitative estimate of drug-likeness (QED) is 0.651. The van der Waals surface area contributed by atoms with Gasteiger partial charge in [0.2, 0.25) is 15.9 Å². The summed E-state index contributed by atoms with van der Waals surface area (Å²) in [5.74, 6) is -0.254. The fraction of sp³-hybridized carbons (Fsp3) is 0.286. The summed E-state index contributed by atoms with van der Waals surface area (Å²) in [5, 5.41) is 7.28. The first kappa shape index (κ1) is 20.2. The smallest absolute Gasteiger partial charge is 0.244 e. The second-order valence-corrected chi connectivity index (χ2v) is 9.15. The second kappa shape index (κ2) is 8.76. The summed E-state index contributed by atoms with van der Waals surface area (Å²) in [5.41, 5.74) is 1.86. The molecule has 4 rings (SSSR count). The number of carbonyl (C=O) groups is 1. The molecule has 0 bridgehead atoms. The van der Waals surface area contributed by atoms with E-state index in [-0.39, 0.29) is 16.7 Å². The molecule has 9 heteroatoms. The number of amides is 1. The number of para-hydroxylation sites is 1. The van der Waals surface area contributed by atoms with E-state index >= 15 is 0 Å². The minimum Gasteiger partial charge on any atom is -0.352 e. The molecule has 0 aliphatic carbocycles. The van der Waals surface area contributed by atoms with Gasteiger partial charge in [-0.15, -0.1) is 0 Å². The number of sulfonamides is 1. The molecule has 0 spiro atoms. The zero-order valence-electron chi connectivity index (χ0n) is 16.4. The summed E-state index contributed by atoms with van der Waals surface area (Å²) >= 11 is 0. The van der Waals surface area contributed by atoms with Crippen LogP contribution in [0.5, 0.6) is 0 Å². The maximum absolute atomic E-state index is 12.7. The van der Waals surface area contributed by atoms with Gasteiger partial charge in [0.15, 0.2) is 0 Å². The zero-order valence-corrected chi connectivity index (χ0v) is 17.2. The van der Waals surface area contributed by atoms with E-state index in [0.717, 1.165) is 11.3 Å². The van der Waals surface area contributed by atoms with Crippen LogP contribution in [0.1, 0.15) is 18.4 Å². The van der Waals surface area contributed by atoms with Gasteiger partial charge in [-0.3, -0.25) is 9.78 Å². The van der Waals surface area contributed by atoms with Crippen LogP contribution in [-0.2, 0) is 21.4 Å². The van der Waals surface area contributed by atoms with Crippen LogP contribution < -0.4 is 5.32 Å². The highest BCUT2D eigenvalue weighted by molar-refractivity contribution is 7.89. The number of pyridine rings is 1. The molecule has 1 fully saturated rings. The van der Waals surface area contributed by atoms with E-state index in [1.807, 2.05) is 36.5 Å². The Hall–Kier alpha value is -3.04. The van der Waals surface area contributed by atoms with E-state index in [1.54, 1.807) is 23.1 Å². The van der Waals surface area contributed by atoms with Gasteiger partial charge < -0.3 is 5.32 Å². The molecule has 1 aliphatic heterocycles. The monoisotopic (exact) mass is 425 g/mol. The number of nitrogens with one attached hydrogen (secondary N) is 1. The van der Waals surface area contributed by atoms with Crippen LogP contribution in [0.2, 0.25) is 0 Å². The van der Waals surface area contributed by atoms with Crippen molar-refractivity contribution in [3.05, 3.63) is 72.8 Å². The van der Waals surface area contributed by atoms with Crippen molar-refractivity contribution in [1.29, 1.82) is 0 Å². The summed E-state index contributed by atoms with van der Waals surface area (Å²) in [6.07, 6.45) is 7.50. The highest BCUT2D eigenvalue weighted by Gasteiger charge is 2.32. The van der Waals surface area contributed by atoms with E-state index in [4.69, 9.17) is 0 Å². The number of aromatic nitrogens is 3. The van der Waals surface area contributed by atoms with E-state index in [9.17, 15) is 13.2 Å². The summed E-state index contributed by atoms with van der Waals surface area (Å²) in [7, 11) is -3.56. The molecular formula is C21H23N5O3S. The molecule has 3 heterocycles. The highest BCUT2D eigenvalue weighted by atomic mass is 32.2. The fourth-order valence-corrected chi connectivity index (χ4v) is 4.95. The molecule has 1 N–H and O–H groups in total. The van der Waals surface area contributed by atoms with Gasteiger partial charge >= 0.3 is 0 Å². The maximum Gasteiger partial charge on any atom is 0.244 e. The molecule has 1 aliphatic rings. The van der Waals surface area contributed by atoms with Crippen molar-refractivity contribution in [3.8, 4) is 5.69 Å². The summed E-state index contributed by atoms with van der Waals surface area (Å²) in [4.78, 5) is 16.6. The maximum atomic E-state index is 12.7. The van der Waals surface area contributed by atoms with Crippen molar-refractivity contribution in [2.24, 2.45) is 5.92 Å². The van der Waals surface area contributed by atoms with Crippen LogP contribution in [-0.4, -0.2) is 46.5 Å². The second-order valence-electron chi connectivity index (χ2n) is 7.21. The third kappa shape index (κ3) is 4.42. The predicted octanol–water partition coefficient (Wildman–Crippen LogP) is 1.98. The van der Waals surface area contributed by atoms with Gasteiger partial charge in [0.05, 0.1) is 11.9 Å². The highest BCUT2D eigenvalue weighted by Crippen LogP contribution is 2.23. The Morgan fingerprint density at radius 3 is 2.53 bits per heavy atom. The molecule has 1 aromatic carbocycles. The lowest BCUT2D eigenvalue weighted by Crippen LogP contribution is -2.42. The molecule has 8 nitrogen and oxygen atoms in total. The number of nitrogens with zero attached hydrogens (tertiary/aromatic N) is 4. The van der Waals surface area contributed by atoms with Crippen molar-refractivity contribution in [1.82, 2.24) is 24.4 Å². The Morgan fingerprint density at radius 1 is 1.07 bits per heavy atom. The normalized spacial score (nSPS) is 15.7. The lowest BCUT2D eigenvalue weighted by molar-refractivity contribution is -0.126. The number of benzene rings is 1. The topological polar surface area (TPSA) is 97.2 Å².